The van der Waals surface area contributed by atoms with Gasteiger partial charge in [0.05, 0.1) is 11.9 Å². The van der Waals surface area contributed by atoms with Gasteiger partial charge in [0.15, 0.2) is 5.58 Å². The van der Waals surface area contributed by atoms with Gasteiger partial charge in [-0.15, -0.1) is 0 Å². The van der Waals surface area contributed by atoms with Crippen molar-refractivity contribution in [3.8, 4) is 0 Å². The number of benzene rings is 1. The first-order valence-electron chi connectivity index (χ1n) is 7.81. The van der Waals surface area contributed by atoms with E-state index < -0.39 is 0 Å². The highest BCUT2D eigenvalue weighted by Crippen LogP contribution is 2.26. The maximum Gasteiger partial charge on any atom is 0.298 e. The number of halogens is 2. The summed E-state index contributed by atoms with van der Waals surface area (Å²) in [7, 11) is 1.56. The lowest BCUT2D eigenvalue weighted by molar-refractivity contribution is 0.538. The molecule has 0 N–H and O–H groups in total. The van der Waals surface area contributed by atoms with Crippen LogP contribution in [-0.2, 0) is 7.05 Å². The Bertz CT molecular complexity index is 994. The van der Waals surface area contributed by atoms with Crippen LogP contribution in [-0.4, -0.2) is 40.9 Å². The summed E-state index contributed by atoms with van der Waals surface area (Å²) in [6.45, 7) is 2.56. The molecule has 0 bridgehead atoms. The third-order valence-corrected chi connectivity index (χ3v) is 4.65. The van der Waals surface area contributed by atoms with Gasteiger partial charge >= 0.3 is 0 Å². The molecule has 3 aromatic rings. The summed E-state index contributed by atoms with van der Waals surface area (Å²) in [5, 5.41) is 4.20. The molecule has 25 heavy (non-hydrogen) atoms. The molecule has 0 radical (unpaired) electrons. The molecule has 0 amide bonds. The average molecular weight is 364 g/mol. The summed E-state index contributed by atoms with van der Waals surface area (Å²) in [6.07, 6.45) is 1.60. The van der Waals surface area contributed by atoms with Gasteiger partial charge in [-0.2, -0.15) is 10.1 Å². The molecule has 7 nitrogen and oxygen atoms in total. The summed E-state index contributed by atoms with van der Waals surface area (Å²) in [4.78, 5) is 20.3. The van der Waals surface area contributed by atoms with Gasteiger partial charge in [-0.1, -0.05) is 11.6 Å². The highest BCUT2D eigenvalue weighted by Gasteiger charge is 2.23. The van der Waals surface area contributed by atoms with Crippen LogP contribution < -0.4 is 15.4 Å². The zero-order chi connectivity index (χ0) is 17.6. The molecular weight excluding hydrogens is 349 g/mol. The summed E-state index contributed by atoms with van der Waals surface area (Å²) in [6, 6.07) is 4.75. The van der Waals surface area contributed by atoms with Gasteiger partial charge < -0.3 is 14.2 Å². The molecule has 0 atom stereocenters. The standard InChI is InChI=1S/C16H15ClFN5O2/c1-21-15(24)14(17)12(9-19-21)22-4-6-23(7-5-22)16-20-11-3-2-10(18)8-13(11)25-16/h2-3,8-9H,4-7H2,1H3. The van der Waals surface area contributed by atoms with Gasteiger partial charge in [-0.3, -0.25) is 4.79 Å². The maximum atomic E-state index is 13.3. The lowest BCUT2D eigenvalue weighted by atomic mass is 10.3. The van der Waals surface area contributed by atoms with Gasteiger partial charge in [-0.05, 0) is 12.1 Å². The number of rotatable bonds is 2. The molecule has 130 valence electrons. The fourth-order valence-electron chi connectivity index (χ4n) is 2.88. The van der Waals surface area contributed by atoms with Crippen LogP contribution in [0.1, 0.15) is 0 Å². The minimum absolute atomic E-state index is 0.170. The maximum absolute atomic E-state index is 13.3. The second kappa shape index (κ2) is 6.03. The average Bonchev–Trinajstić information content (AvgIpc) is 3.03. The molecule has 1 saturated heterocycles. The van der Waals surface area contributed by atoms with Crippen molar-refractivity contribution in [2.75, 3.05) is 36.0 Å². The van der Waals surface area contributed by atoms with Gasteiger partial charge in [0.1, 0.15) is 16.4 Å². The quantitative estimate of drug-likeness (QED) is 0.694. The fraction of sp³-hybridized carbons (Fsp3) is 0.312. The second-order valence-corrected chi connectivity index (χ2v) is 6.23. The van der Waals surface area contributed by atoms with E-state index >= 15 is 0 Å². The van der Waals surface area contributed by atoms with E-state index in [2.05, 4.69) is 10.1 Å². The van der Waals surface area contributed by atoms with Crippen LogP contribution in [0.25, 0.3) is 11.1 Å². The number of anilines is 2. The number of hydrogen-bond donors (Lipinski definition) is 0. The van der Waals surface area contributed by atoms with E-state index in [0.717, 1.165) is 0 Å². The molecule has 0 saturated carbocycles. The number of aryl methyl sites for hydroxylation is 1. The van der Waals surface area contributed by atoms with E-state index in [1.807, 2.05) is 9.80 Å². The Kier molecular flexibility index (Phi) is 3.84. The molecule has 1 aromatic carbocycles. The van der Waals surface area contributed by atoms with Crippen molar-refractivity contribution in [2.45, 2.75) is 0 Å². The SMILES string of the molecule is Cn1ncc(N2CCN(c3nc4ccc(F)cc4o3)CC2)c(Cl)c1=O. The zero-order valence-electron chi connectivity index (χ0n) is 13.4. The molecule has 0 aliphatic carbocycles. The van der Waals surface area contributed by atoms with Crippen LogP contribution in [0.3, 0.4) is 0 Å². The molecule has 2 aromatic heterocycles. The first kappa shape index (κ1) is 15.9. The van der Waals surface area contributed by atoms with E-state index in [1.54, 1.807) is 19.3 Å². The molecule has 0 spiro atoms. The third kappa shape index (κ3) is 2.82. The van der Waals surface area contributed by atoms with Gasteiger partial charge in [0, 0.05) is 39.3 Å². The largest absolute Gasteiger partial charge is 0.423 e. The monoisotopic (exact) mass is 363 g/mol. The molecule has 0 unspecified atom stereocenters. The lowest BCUT2D eigenvalue weighted by Crippen LogP contribution is -2.47. The summed E-state index contributed by atoms with van der Waals surface area (Å²) >= 11 is 6.16. The topological polar surface area (TPSA) is 67.4 Å². The van der Waals surface area contributed by atoms with Crippen LogP contribution in [0.2, 0.25) is 5.02 Å². The first-order chi connectivity index (χ1) is 12.0. The number of fused-ring (bicyclic) bond motifs is 1. The predicted molar refractivity (Wildman–Crippen MR) is 92.9 cm³/mol. The van der Waals surface area contributed by atoms with Crippen molar-refractivity contribution < 1.29 is 8.81 Å². The Morgan fingerprint density at radius 2 is 1.92 bits per heavy atom. The smallest absolute Gasteiger partial charge is 0.298 e. The van der Waals surface area contributed by atoms with Crippen molar-refractivity contribution in [2.24, 2.45) is 7.05 Å². The molecule has 9 heteroatoms. The van der Waals surface area contributed by atoms with E-state index in [1.165, 1.54) is 16.8 Å². The van der Waals surface area contributed by atoms with Crippen LogP contribution in [0.4, 0.5) is 16.1 Å². The number of hydrogen-bond acceptors (Lipinski definition) is 6. The normalized spacial score (nSPS) is 15.2. The van der Waals surface area contributed by atoms with E-state index in [-0.39, 0.29) is 16.4 Å². The number of nitrogens with zero attached hydrogens (tertiary/aromatic N) is 5. The Balaban J connectivity index is 1.53. The van der Waals surface area contributed by atoms with Gasteiger partial charge in [-0.25, -0.2) is 9.07 Å². The Morgan fingerprint density at radius 3 is 2.68 bits per heavy atom. The fourth-order valence-corrected chi connectivity index (χ4v) is 3.17. The Labute approximate surface area is 147 Å². The van der Waals surface area contributed by atoms with Crippen LogP contribution >= 0.6 is 11.6 Å². The van der Waals surface area contributed by atoms with Crippen molar-refractivity contribution in [3.05, 3.63) is 45.6 Å². The lowest BCUT2D eigenvalue weighted by Gasteiger charge is -2.35. The number of piperazine rings is 1. The Morgan fingerprint density at radius 1 is 1.20 bits per heavy atom. The number of oxazole rings is 1. The summed E-state index contributed by atoms with van der Waals surface area (Å²) in [5.74, 6) is -0.354. The van der Waals surface area contributed by atoms with Crippen molar-refractivity contribution in [1.29, 1.82) is 0 Å². The van der Waals surface area contributed by atoms with Crippen LogP contribution in [0.15, 0.2) is 33.6 Å². The van der Waals surface area contributed by atoms with E-state index in [0.29, 0.717) is 49.0 Å². The summed E-state index contributed by atoms with van der Waals surface area (Å²) in [5.41, 5.74) is 1.36. The second-order valence-electron chi connectivity index (χ2n) is 5.86. The molecule has 3 heterocycles. The van der Waals surface area contributed by atoms with E-state index in [4.69, 9.17) is 16.0 Å². The molecule has 1 fully saturated rings. The predicted octanol–water partition coefficient (Wildman–Crippen LogP) is 2.04. The Hall–Kier alpha value is -2.61. The zero-order valence-corrected chi connectivity index (χ0v) is 14.2. The van der Waals surface area contributed by atoms with Crippen LogP contribution in [0, 0.1) is 5.82 Å². The van der Waals surface area contributed by atoms with Crippen molar-refractivity contribution >= 4 is 34.4 Å². The summed E-state index contributed by atoms with van der Waals surface area (Å²) < 4.78 is 20.1. The minimum Gasteiger partial charge on any atom is -0.423 e. The molecule has 4 rings (SSSR count). The highest BCUT2D eigenvalue weighted by molar-refractivity contribution is 6.33. The van der Waals surface area contributed by atoms with Gasteiger partial charge in [0.25, 0.3) is 11.6 Å². The van der Waals surface area contributed by atoms with Gasteiger partial charge in [0.2, 0.25) is 0 Å². The van der Waals surface area contributed by atoms with Crippen molar-refractivity contribution in [3.63, 3.8) is 0 Å². The van der Waals surface area contributed by atoms with Crippen molar-refractivity contribution in [1.82, 2.24) is 14.8 Å². The minimum atomic E-state index is -0.354. The molecule has 1 aliphatic heterocycles. The third-order valence-electron chi connectivity index (χ3n) is 4.29. The first-order valence-corrected chi connectivity index (χ1v) is 8.18. The van der Waals surface area contributed by atoms with Crippen LogP contribution in [0.5, 0.6) is 0 Å². The number of aromatic nitrogens is 3. The highest BCUT2D eigenvalue weighted by atomic mass is 35.5. The molecule has 1 aliphatic rings. The van der Waals surface area contributed by atoms with E-state index in [9.17, 15) is 9.18 Å². The molecular formula is C16H15ClFN5O2.